The van der Waals surface area contributed by atoms with Crippen LogP contribution in [-0.2, 0) is 14.8 Å². The Morgan fingerprint density at radius 1 is 1.08 bits per heavy atom. The highest BCUT2D eigenvalue weighted by Gasteiger charge is 2.67. The number of hydrogen-bond donors (Lipinski definition) is 2. The lowest BCUT2D eigenvalue weighted by Crippen LogP contribution is -2.26. The fourth-order valence-electron chi connectivity index (χ4n) is 2.39. The largest absolute Gasteiger partial charge is 0.325 e. The van der Waals surface area contributed by atoms with Gasteiger partial charge in [0.2, 0.25) is 5.91 Å². The third-order valence-electron chi connectivity index (χ3n) is 4.26. The van der Waals surface area contributed by atoms with Gasteiger partial charge in [0, 0.05) is 16.4 Å². The lowest BCUT2D eigenvalue weighted by Gasteiger charge is -2.14. The molecule has 0 saturated heterocycles. The van der Waals surface area contributed by atoms with Gasteiger partial charge in [-0.15, -0.1) is 23.2 Å². The maximum Gasteiger partial charge on any atom is 0.261 e. The summed E-state index contributed by atoms with van der Waals surface area (Å²) >= 11 is 17.8. The second-order valence-electron chi connectivity index (χ2n) is 6.31. The van der Waals surface area contributed by atoms with Crippen molar-refractivity contribution in [3.8, 4) is 0 Å². The van der Waals surface area contributed by atoms with Crippen LogP contribution in [0.4, 0.5) is 11.4 Å². The second kappa shape index (κ2) is 6.60. The normalized spacial score (nSPS) is 21.1. The molecular weight excluding hydrogens is 419 g/mol. The summed E-state index contributed by atoms with van der Waals surface area (Å²) in [6.45, 7) is 1.66. The zero-order chi connectivity index (χ0) is 19.2. The van der Waals surface area contributed by atoms with Crippen molar-refractivity contribution in [3.63, 3.8) is 0 Å². The van der Waals surface area contributed by atoms with E-state index in [4.69, 9.17) is 34.8 Å². The van der Waals surface area contributed by atoms with Crippen molar-refractivity contribution in [2.45, 2.75) is 22.6 Å². The van der Waals surface area contributed by atoms with Gasteiger partial charge in [0.1, 0.15) is 4.33 Å². The first-order valence-corrected chi connectivity index (χ1v) is 10.2. The maximum atomic E-state index is 12.5. The van der Waals surface area contributed by atoms with Crippen LogP contribution >= 0.6 is 34.8 Å². The minimum Gasteiger partial charge on any atom is -0.325 e. The van der Waals surface area contributed by atoms with Crippen LogP contribution in [0.2, 0.25) is 5.02 Å². The van der Waals surface area contributed by atoms with Crippen molar-refractivity contribution < 1.29 is 13.2 Å². The molecule has 0 radical (unpaired) electrons. The molecule has 1 saturated carbocycles. The van der Waals surface area contributed by atoms with Gasteiger partial charge >= 0.3 is 0 Å². The highest BCUT2D eigenvalue weighted by atomic mass is 35.5. The van der Waals surface area contributed by atoms with Crippen molar-refractivity contribution in [2.24, 2.45) is 5.41 Å². The van der Waals surface area contributed by atoms with E-state index in [1.807, 2.05) is 0 Å². The first kappa shape index (κ1) is 19.3. The smallest absolute Gasteiger partial charge is 0.261 e. The number of rotatable bonds is 5. The Kier molecular flexibility index (Phi) is 4.90. The number of hydrogen-bond acceptors (Lipinski definition) is 3. The monoisotopic (exact) mass is 432 g/mol. The number of halogens is 3. The molecule has 0 heterocycles. The molecule has 0 bridgehead atoms. The van der Waals surface area contributed by atoms with Gasteiger partial charge < -0.3 is 5.32 Å². The molecular formula is C17H15Cl3N2O3S. The average Bonchev–Trinajstić information content (AvgIpc) is 3.09. The molecule has 0 aliphatic heterocycles. The van der Waals surface area contributed by atoms with E-state index >= 15 is 0 Å². The third-order valence-corrected chi connectivity index (χ3v) is 6.99. The topological polar surface area (TPSA) is 75.3 Å². The molecule has 5 nitrogen and oxygen atoms in total. The number of benzene rings is 2. The first-order chi connectivity index (χ1) is 12.0. The molecule has 1 aliphatic rings. The Hall–Kier alpha value is -1.47. The van der Waals surface area contributed by atoms with Gasteiger partial charge in [0.05, 0.1) is 10.3 Å². The molecule has 0 aromatic heterocycles. The molecule has 1 amide bonds. The Morgan fingerprint density at radius 3 is 2.27 bits per heavy atom. The number of alkyl halides is 2. The van der Waals surface area contributed by atoms with E-state index in [2.05, 4.69) is 10.0 Å². The predicted molar refractivity (Wildman–Crippen MR) is 104 cm³/mol. The van der Waals surface area contributed by atoms with E-state index < -0.39 is 19.8 Å². The number of carbonyl (C=O) groups is 1. The van der Waals surface area contributed by atoms with E-state index in [1.54, 1.807) is 37.3 Å². The zero-order valence-electron chi connectivity index (χ0n) is 13.6. The lowest BCUT2D eigenvalue weighted by molar-refractivity contribution is -0.120. The first-order valence-electron chi connectivity index (χ1n) is 7.61. The molecule has 2 aromatic rings. The summed E-state index contributed by atoms with van der Waals surface area (Å²) in [6.07, 6.45) is 0.338. The van der Waals surface area contributed by atoms with E-state index in [1.165, 1.54) is 18.2 Å². The van der Waals surface area contributed by atoms with Crippen molar-refractivity contribution >= 4 is 62.1 Å². The van der Waals surface area contributed by atoms with Gasteiger partial charge in [-0.25, -0.2) is 8.42 Å². The molecule has 2 N–H and O–H groups in total. The summed E-state index contributed by atoms with van der Waals surface area (Å²) in [5, 5.41) is 3.17. The SMILES string of the molecule is CC1(C(=O)Nc2cccc(S(=O)(=O)Nc3ccc(Cl)cc3)c2)CC1(Cl)Cl. The summed E-state index contributed by atoms with van der Waals surface area (Å²) < 4.78 is 26.4. The molecule has 26 heavy (non-hydrogen) atoms. The summed E-state index contributed by atoms with van der Waals surface area (Å²) in [5.41, 5.74) is -0.179. The quantitative estimate of drug-likeness (QED) is 0.673. The summed E-state index contributed by atoms with van der Waals surface area (Å²) in [4.78, 5) is 12.3. The van der Waals surface area contributed by atoms with Gasteiger partial charge in [-0.05, 0) is 55.8 Å². The molecule has 138 valence electrons. The summed E-state index contributed by atoms with van der Waals surface area (Å²) in [6, 6.07) is 12.2. The second-order valence-corrected chi connectivity index (χ2v) is 9.91. The van der Waals surface area contributed by atoms with Crippen LogP contribution in [0.25, 0.3) is 0 Å². The van der Waals surface area contributed by atoms with Crippen LogP contribution in [0, 0.1) is 5.41 Å². The third kappa shape index (κ3) is 3.78. The van der Waals surface area contributed by atoms with Gasteiger partial charge in [-0.1, -0.05) is 17.7 Å². The highest BCUT2D eigenvalue weighted by molar-refractivity contribution is 7.92. The fraction of sp³-hybridized carbons (Fsp3) is 0.235. The minimum absolute atomic E-state index is 0.00853. The zero-order valence-corrected chi connectivity index (χ0v) is 16.7. The Labute approximate surface area is 166 Å². The standard InChI is InChI=1S/C17H15Cl3N2O3S/c1-16(10-17(16,19)20)15(23)21-13-3-2-4-14(9-13)26(24,25)22-12-7-5-11(18)6-8-12/h2-9,22H,10H2,1H3,(H,21,23). The van der Waals surface area contributed by atoms with Crippen LogP contribution in [0.3, 0.4) is 0 Å². The van der Waals surface area contributed by atoms with Gasteiger partial charge in [0.25, 0.3) is 10.0 Å². The van der Waals surface area contributed by atoms with Crippen LogP contribution in [0.15, 0.2) is 53.4 Å². The number of nitrogens with one attached hydrogen (secondary N) is 2. The van der Waals surface area contributed by atoms with Crippen molar-refractivity contribution in [3.05, 3.63) is 53.6 Å². The number of amides is 1. The van der Waals surface area contributed by atoms with Crippen LogP contribution in [-0.4, -0.2) is 18.7 Å². The van der Waals surface area contributed by atoms with E-state index in [9.17, 15) is 13.2 Å². The van der Waals surface area contributed by atoms with Crippen LogP contribution in [0.1, 0.15) is 13.3 Å². The lowest BCUT2D eigenvalue weighted by atomic mass is 10.1. The number of carbonyl (C=O) groups excluding carboxylic acids is 1. The average molecular weight is 434 g/mol. The Morgan fingerprint density at radius 2 is 1.69 bits per heavy atom. The predicted octanol–water partition coefficient (Wildman–Crippen LogP) is 4.66. The molecule has 1 aliphatic carbocycles. The molecule has 0 spiro atoms. The number of sulfonamides is 1. The summed E-state index contributed by atoms with van der Waals surface area (Å²) in [5.74, 6) is -0.359. The van der Waals surface area contributed by atoms with Crippen molar-refractivity contribution in [1.82, 2.24) is 0 Å². The van der Waals surface area contributed by atoms with Crippen LogP contribution < -0.4 is 10.0 Å². The molecule has 1 fully saturated rings. The highest BCUT2D eigenvalue weighted by Crippen LogP contribution is 2.64. The maximum absolute atomic E-state index is 12.5. The fourth-order valence-corrected chi connectivity index (χ4v) is 4.32. The molecule has 1 unspecified atom stereocenters. The minimum atomic E-state index is -3.82. The molecule has 1 atom stereocenters. The Bertz CT molecular complexity index is 961. The van der Waals surface area contributed by atoms with Crippen molar-refractivity contribution in [2.75, 3.05) is 10.0 Å². The van der Waals surface area contributed by atoms with E-state index in [0.29, 0.717) is 22.8 Å². The van der Waals surface area contributed by atoms with Crippen molar-refractivity contribution in [1.29, 1.82) is 0 Å². The van der Waals surface area contributed by atoms with Gasteiger partial charge in [-0.3, -0.25) is 9.52 Å². The van der Waals surface area contributed by atoms with E-state index in [0.717, 1.165) is 0 Å². The number of anilines is 2. The molecule has 3 rings (SSSR count). The summed E-state index contributed by atoms with van der Waals surface area (Å²) in [7, 11) is -3.82. The Balaban J connectivity index is 1.78. The molecule has 9 heteroatoms. The van der Waals surface area contributed by atoms with Gasteiger partial charge in [0.15, 0.2) is 0 Å². The van der Waals surface area contributed by atoms with Gasteiger partial charge in [-0.2, -0.15) is 0 Å². The van der Waals surface area contributed by atoms with E-state index in [-0.39, 0.29) is 10.8 Å². The van der Waals surface area contributed by atoms with Crippen LogP contribution in [0.5, 0.6) is 0 Å². The molecule has 2 aromatic carbocycles.